The molecular formula is C20H20N6. The van der Waals surface area contributed by atoms with Crippen molar-refractivity contribution in [2.24, 2.45) is 0 Å². The van der Waals surface area contributed by atoms with E-state index in [9.17, 15) is 0 Å². The first-order chi connectivity index (χ1) is 12.9. The van der Waals surface area contributed by atoms with E-state index < -0.39 is 0 Å². The average Bonchev–Trinajstić information content (AvgIpc) is 3.10. The molecule has 0 bridgehead atoms. The standard InChI is InChI=1S/C20H20N6/c1-2-11-25(12-3-1)19-9-8-18-20(22-19)26(24-23-18)14-15-6-7-17-16(13-15)5-4-10-21-17/h4-10,13H,1-3,11-12,14H2. The quantitative estimate of drug-likeness (QED) is 0.570. The molecule has 5 rings (SSSR count). The molecule has 0 amide bonds. The van der Waals surface area contributed by atoms with Gasteiger partial charge >= 0.3 is 0 Å². The van der Waals surface area contributed by atoms with Gasteiger partial charge < -0.3 is 4.90 Å². The van der Waals surface area contributed by atoms with Crippen LogP contribution in [0, 0.1) is 0 Å². The first-order valence-corrected chi connectivity index (χ1v) is 9.16. The zero-order valence-electron chi connectivity index (χ0n) is 14.5. The largest absolute Gasteiger partial charge is 0.357 e. The van der Waals surface area contributed by atoms with Crippen LogP contribution in [0.4, 0.5) is 5.82 Å². The molecule has 0 unspecified atom stereocenters. The Balaban J connectivity index is 1.49. The second kappa shape index (κ2) is 6.37. The molecule has 1 fully saturated rings. The smallest absolute Gasteiger partial charge is 0.180 e. The lowest BCUT2D eigenvalue weighted by Gasteiger charge is -2.27. The second-order valence-electron chi connectivity index (χ2n) is 6.84. The van der Waals surface area contributed by atoms with Crippen molar-refractivity contribution in [1.29, 1.82) is 0 Å². The lowest BCUT2D eigenvalue weighted by atomic mass is 10.1. The molecule has 6 nitrogen and oxygen atoms in total. The van der Waals surface area contributed by atoms with Gasteiger partial charge in [0.2, 0.25) is 0 Å². The molecule has 1 aromatic carbocycles. The van der Waals surface area contributed by atoms with Crippen molar-refractivity contribution >= 4 is 27.9 Å². The van der Waals surface area contributed by atoms with Gasteiger partial charge in [0.05, 0.1) is 12.1 Å². The number of fused-ring (bicyclic) bond motifs is 2. The minimum absolute atomic E-state index is 0.651. The van der Waals surface area contributed by atoms with Crippen LogP contribution in [-0.4, -0.2) is 38.1 Å². The van der Waals surface area contributed by atoms with Crippen LogP contribution in [0.3, 0.4) is 0 Å². The summed E-state index contributed by atoms with van der Waals surface area (Å²) in [5.41, 5.74) is 3.86. The number of hydrogen-bond acceptors (Lipinski definition) is 5. The molecule has 0 radical (unpaired) electrons. The van der Waals surface area contributed by atoms with Crippen LogP contribution in [0.15, 0.2) is 48.7 Å². The molecule has 4 heterocycles. The van der Waals surface area contributed by atoms with E-state index in [1.165, 1.54) is 24.8 Å². The summed E-state index contributed by atoms with van der Waals surface area (Å²) in [6.07, 6.45) is 5.61. The van der Waals surface area contributed by atoms with Gasteiger partial charge in [-0.15, -0.1) is 5.10 Å². The molecule has 0 aliphatic carbocycles. The summed E-state index contributed by atoms with van der Waals surface area (Å²) in [7, 11) is 0. The van der Waals surface area contributed by atoms with Gasteiger partial charge in [-0.2, -0.15) is 0 Å². The third-order valence-electron chi connectivity index (χ3n) is 5.02. The first-order valence-electron chi connectivity index (χ1n) is 9.16. The number of nitrogens with zero attached hydrogens (tertiary/aromatic N) is 6. The predicted octanol–water partition coefficient (Wildman–Crippen LogP) is 3.41. The first kappa shape index (κ1) is 15.3. The highest BCUT2D eigenvalue weighted by Crippen LogP contribution is 2.21. The molecule has 130 valence electrons. The number of rotatable bonds is 3. The SMILES string of the molecule is c1cnc2ccc(Cn3nnc4ccc(N5CCCCC5)nc43)cc2c1. The number of aromatic nitrogens is 5. The molecule has 0 N–H and O–H groups in total. The third-order valence-corrected chi connectivity index (χ3v) is 5.02. The highest BCUT2D eigenvalue weighted by molar-refractivity contribution is 5.79. The van der Waals surface area contributed by atoms with Crippen molar-refractivity contribution in [2.75, 3.05) is 18.0 Å². The Morgan fingerprint density at radius 2 is 1.81 bits per heavy atom. The summed E-state index contributed by atoms with van der Waals surface area (Å²) in [6.45, 7) is 2.81. The molecule has 0 atom stereocenters. The minimum atomic E-state index is 0.651. The van der Waals surface area contributed by atoms with Crippen LogP contribution in [0.25, 0.3) is 22.1 Å². The van der Waals surface area contributed by atoms with Crippen molar-refractivity contribution in [1.82, 2.24) is 25.0 Å². The predicted molar refractivity (Wildman–Crippen MR) is 102 cm³/mol. The van der Waals surface area contributed by atoms with Gasteiger partial charge in [0.15, 0.2) is 5.65 Å². The van der Waals surface area contributed by atoms with E-state index in [4.69, 9.17) is 4.98 Å². The molecule has 3 aromatic heterocycles. The maximum atomic E-state index is 4.87. The van der Waals surface area contributed by atoms with Crippen molar-refractivity contribution in [3.05, 3.63) is 54.2 Å². The zero-order valence-corrected chi connectivity index (χ0v) is 14.5. The fourth-order valence-electron chi connectivity index (χ4n) is 3.65. The van der Waals surface area contributed by atoms with Gasteiger partial charge in [-0.3, -0.25) is 4.98 Å². The maximum Gasteiger partial charge on any atom is 0.180 e. The highest BCUT2D eigenvalue weighted by atomic mass is 15.4. The number of piperidine rings is 1. The highest BCUT2D eigenvalue weighted by Gasteiger charge is 2.15. The number of benzene rings is 1. The van der Waals surface area contributed by atoms with E-state index >= 15 is 0 Å². The van der Waals surface area contributed by atoms with Gasteiger partial charge in [-0.25, -0.2) is 9.67 Å². The number of pyridine rings is 2. The lowest BCUT2D eigenvalue weighted by molar-refractivity contribution is 0.573. The minimum Gasteiger partial charge on any atom is -0.357 e. The van der Waals surface area contributed by atoms with Crippen LogP contribution in [0.2, 0.25) is 0 Å². The van der Waals surface area contributed by atoms with Crippen molar-refractivity contribution < 1.29 is 0 Å². The molecule has 0 spiro atoms. The van der Waals surface area contributed by atoms with Gasteiger partial charge in [-0.1, -0.05) is 17.3 Å². The van der Waals surface area contributed by atoms with E-state index in [1.807, 2.05) is 23.0 Å². The Labute approximate surface area is 151 Å². The summed E-state index contributed by atoms with van der Waals surface area (Å²) in [5, 5.41) is 9.75. The van der Waals surface area contributed by atoms with Gasteiger partial charge in [-0.05, 0) is 55.2 Å². The Bertz CT molecular complexity index is 1060. The van der Waals surface area contributed by atoms with Crippen LogP contribution in [-0.2, 0) is 6.54 Å². The molecule has 1 aliphatic rings. The van der Waals surface area contributed by atoms with E-state index in [-0.39, 0.29) is 0 Å². The average molecular weight is 344 g/mol. The molecule has 1 saturated heterocycles. The Kier molecular flexibility index (Phi) is 3.74. The zero-order chi connectivity index (χ0) is 17.3. The van der Waals surface area contributed by atoms with E-state index in [2.05, 4.69) is 50.5 Å². The third kappa shape index (κ3) is 2.77. The molecular weight excluding hydrogens is 324 g/mol. The molecule has 4 aromatic rings. The van der Waals surface area contributed by atoms with Crippen LogP contribution in [0.1, 0.15) is 24.8 Å². The van der Waals surface area contributed by atoms with Gasteiger partial charge in [0.1, 0.15) is 11.3 Å². The summed E-state index contributed by atoms with van der Waals surface area (Å²) in [5.74, 6) is 1.03. The Morgan fingerprint density at radius 3 is 2.73 bits per heavy atom. The molecule has 6 heteroatoms. The Morgan fingerprint density at radius 1 is 0.923 bits per heavy atom. The van der Waals surface area contributed by atoms with Crippen LogP contribution < -0.4 is 4.90 Å². The lowest BCUT2D eigenvalue weighted by Crippen LogP contribution is -2.30. The van der Waals surface area contributed by atoms with Crippen LogP contribution >= 0.6 is 0 Å². The summed E-state index contributed by atoms with van der Waals surface area (Å²) in [6, 6.07) is 14.4. The fraction of sp³-hybridized carbons (Fsp3) is 0.300. The number of hydrogen-bond donors (Lipinski definition) is 0. The van der Waals surface area contributed by atoms with Crippen molar-refractivity contribution in [3.63, 3.8) is 0 Å². The summed E-state index contributed by atoms with van der Waals surface area (Å²) in [4.78, 5) is 11.6. The maximum absolute atomic E-state index is 4.87. The summed E-state index contributed by atoms with van der Waals surface area (Å²) >= 11 is 0. The van der Waals surface area contributed by atoms with E-state index in [1.54, 1.807) is 0 Å². The Hall–Kier alpha value is -3.02. The topological polar surface area (TPSA) is 59.7 Å². The normalized spacial score (nSPS) is 15.0. The van der Waals surface area contributed by atoms with Crippen LogP contribution in [0.5, 0.6) is 0 Å². The molecule has 1 aliphatic heterocycles. The molecule has 0 saturated carbocycles. The fourth-order valence-corrected chi connectivity index (χ4v) is 3.65. The second-order valence-corrected chi connectivity index (χ2v) is 6.84. The van der Waals surface area contributed by atoms with Gasteiger partial charge in [0.25, 0.3) is 0 Å². The van der Waals surface area contributed by atoms with Crippen molar-refractivity contribution in [3.8, 4) is 0 Å². The molecule has 26 heavy (non-hydrogen) atoms. The van der Waals surface area contributed by atoms with E-state index in [0.29, 0.717) is 6.54 Å². The summed E-state index contributed by atoms with van der Waals surface area (Å²) < 4.78 is 1.89. The number of anilines is 1. The van der Waals surface area contributed by atoms with Crippen molar-refractivity contribution in [2.45, 2.75) is 25.8 Å². The van der Waals surface area contributed by atoms with E-state index in [0.717, 1.165) is 41.0 Å². The monoisotopic (exact) mass is 344 g/mol. The van der Waals surface area contributed by atoms with Gasteiger partial charge in [0, 0.05) is 24.7 Å².